The molecule has 1 amide bonds. The number of nitrogens with zero attached hydrogens (tertiary/aromatic N) is 2. The second-order valence-corrected chi connectivity index (χ2v) is 6.00. The van der Waals surface area contributed by atoms with E-state index in [4.69, 9.17) is 21.4 Å². The average molecular weight is 357 g/mol. The SMILES string of the molecule is CCOC(=O)CN(c1cc(Cl)ccc1O)C1CCN(C(=O)O)CC1. The fraction of sp³-hybridized carbons (Fsp3) is 0.500. The highest BCUT2D eigenvalue weighted by molar-refractivity contribution is 6.31. The number of amides is 1. The smallest absolute Gasteiger partial charge is 0.407 e. The Kier molecular flexibility index (Phi) is 6.14. The maximum Gasteiger partial charge on any atom is 0.407 e. The van der Waals surface area contributed by atoms with Gasteiger partial charge in [0.05, 0.1) is 12.3 Å². The minimum absolute atomic E-state index is 0.0179. The number of halogens is 1. The number of hydrogen-bond donors (Lipinski definition) is 2. The Hall–Kier alpha value is -2.15. The van der Waals surface area contributed by atoms with E-state index in [1.807, 2.05) is 0 Å². The number of carboxylic acid groups (broad SMARTS) is 1. The van der Waals surface area contributed by atoms with Crippen LogP contribution < -0.4 is 4.90 Å². The summed E-state index contributed by atoms with van der Waals surface area (Å²) in [7, 11) is 0. The number of ether oxygens (including phenoxy) is 1. The van der Waals surface area contributed by atoms with Crippen molar-refractivity contribution in [2.75, 3.05) is 31.1 Å². The summed E-state index contributed by atoms with van der Waals surface area (Å²) in [4.78, 5) is 26.1. The lowest BCUT2D eigenvalue weighted by molar-refractivity contribution is -0.141. The van der Waals surface area contributed by atoms with Crippen LogP contribution in [0.15, 0.2) is 18.2 Å². The van der Waals surface area contributed by atoms with Crippen LogP contribution in [0.4, 0.5) is 10.5 Å². The predicted octanol–water partition coefficient (Wildman–Crippen LogP) is 2.56. The van der Waals surface area contributed by atoms with Crippen molar-refractivity contribution in [1.29, 1.82) is 0 Å². The molecule has 0 saturated carbocycles. The summed E-state index contributed by atoms with van der Waals surface area (Å²) in [5.41, 5.74) is 0.448. The molecule has 24 heavy (non-hydrogen) atoms. The second kappa shape index (κ2) is 8.10. The van der Waals surface area contributed by atoms with E-state index in [0.717, 1.165) is 0 Å². The van der Waals surface area contributed by atoms with Crippen molar-refractivity contribution in [2.24, 2.45) is 0 Å². The van der Waals surface area contributed by atoms with Crippen LogP contribution >= 0.6 is 11.6 Å². The zero-order valence-corrected chi connectivity index (χ0v) is 14.2. The summed E-state index contributed by atoms with van der Waals surface area (Å²) in [6.07, 6.45) is 0.158. The number of phenolic OH excluding ortho intramolecular Hbond substituents is 1. The molecular weight excluding hydrogens is 336 g/mol. The van der Waals surface area contributed by atoms with Crippen LogP contribution in [0.3, 0.4) is 0 Å². The molecular formula is C16H21ClN2O5. The molecule has 0 bridgehead atoms. The van der Waals surface area contributed by atoms with Gasteiger partial charge in [-0.2, -0.15) is 0 Å². The molecule has 132 valence electrons. The number of piperidine rings is 1. The highest BCUT2D eigenvalue weighted by Crippen LogP contribution is 2.33. The number of hydrogen-bond acceptors (Lipinski definition) is 5. The summed E-state index contributed by atoms with van der Waals surface area (Å²) >= 11 is 6.02. The van der Waals surface area contributed by atoms with E-state index in [2.05, 4.69) is 0 Å². The molecule has 1 aromatic carbocycles. The normalized spacial score (nSPS) is 15.2. The van der Waals surface area contributed by atoms with Crippen LogP contribution in [0.1, 0.15) is 19.8 Å². The van der Waals surface area contributed by atoms with Gasteiger partial charge in [-0.25, -0.2) is 4.79 Å². The quantitative estimate of drug-likeness (QED) is 0.788. The molecule has 0 unspecified atom stereocenters. The topological polar surface area (TPSA) is 90.3 Å². The van der Waals surface area contributed by atoms with Gasteiger partial charge >= 0.3 is 12.1 Å². The lowest BCUT2D eigenvalue weighted by Crippen LogP contribution is -2.48. The van der Waals surface area contributed by atoms with E-state index < -0.39 is 12.1 Å². The standard InChI is InChI=1S/C16H21ClN2O5/c1-2-24-15(21)10-19(13-9-11(17)3-4-14(13)20)12-5-7-18(8-6-12)16(22)23/h3-4,9,12,20H,2,5-8,10H2,1H3,(H,22,23). The lowest BCUT2D eigenvalue weighted by atomic mass is 10.0. The van der Waals surface area contributed by atoms with Gasteiger partial charge < -0.3 is 24.7 Å². The Morgan fingerprint density at radius 2 is 2.04 bits per heavy atom. The first-order valence-corrected chi connectivity index (χ1v) is 8.18. The highest BCUT2D eigenvalue weighted by atomic mass is 35.5. The molecule has 7 nitrogen and oxygen atoms in total. The molecule has 1 saturated heterocycles. The van der Waals surface area contributed by atoms with E-state index in [1.165, 1.54) is 11.0 Å². The number of anilines is 1. The van der Waals surface area contributed by atoms with Gasteiger partial charge in [0, 0.05) is 24.2 Å². The van der Waals surface area contributed by atoms with Crippen LogP contribution in [0.5, 0.6) is 5.75 Å². The van der Waals surface area contributed by atoms with E-state index in [1.54, 1.807) is 24.0 Å². The van der Waals surface area contributed by atoms with E-state index >= 15 is 0 Å². The van der Waals surface area contributed by atoms with Crippen LogP contribution in [-0.4, -0.2) is 59.5 Å². The van der Waals surface area contributed by atoms with Gasteiger partial charge in [-0.15, -0.1) is 0 Å². The Morgan fingerprint density at radius 1 is 1.38 bits per heavy atom. The first-order chi connectivity index (χ1) is 11.4. The van der Waals surface area contributed by atoms with Crippen molar-refractivity contribution >= 4 is 29.4 Å². The fourth-order valence-corrected chi connectivity index (χ4v) is 3.02. The van der Waals surface area contributed by atoms with Gasteiger partial charge in [0.15, 0.2) is 0 Å². The van der Waals surface area contributed by atoms with Crippen molar-refractivity contribution in [3.05, 3.63) is 23.2 Å². The maximum atomic E-state index is 12.0. The van der Waals surface area contributed by atoms with E-state index in [9.17, 15) is 14.7 Å². The number of carbonyl (C=O) groups excluding carboxylic acids is 1. The Morgan fingerprint density at radius 3 is 2.62 bits per heavy atom. The molecule has 0 aliphatic carbocycles. The maximum absolute atomic E-state index is 12.0. The van der Waals surface area contributed by atoms with Crippen LogP contribution in [0, 0.1) is 0 Å². The van der Waals surface area contributed by atoms with Crippen LogP contribution in [0.2, 0.25) is 5.02 Å². The van der Waals surface area contributed by atoms with Gasteiger partial charge in [0.1, 0.15) is 12.3 Å². The summed E-state index contributed by atoms with van der Waals surface area (Å²) in [5, 5.41) is 19.7. The monoisotopic (exact) mass is 356 g/mol. The van der Waals surface area contributed by atoms with Gasteiger partial charge in [-0.1, -0.05) is 11.6 Å². The summed E-state index contributed by atoms with van der Waals surface area (Å²) in [5.74, 6) is -0.387. The van der Waals surface area contributed by atoms with Crippen molar-refractivity contribution in [3.63, 3.8) is 0 Å². The lowest BCUT2D eigenvalue weighted by Gasteiger charge is -2.38. The molecule has 0 atom stereocenters. The van der Waals surface area contributed by atoms with Crippen molar-refractivity contribution < 1.29 is 24.5 Å². The number of aromatic hydroxyl groups is 1. The number of carbonyl (C=O) groups is 2. The minimum atomic E-state index is -0.948. The van der Waals surface area contributed by atoms with Gasteiger partial charge in [0.2, 0.25) is 0 Å². The number of rotatable bonds is 5. The molecule has 0 spiro atoms. The third-order valence-electron chi connectivity index (χ3n) is 4.03. The predicted molar refractivity (Wildman–Crippen MR) is 89.7 cm³/mol. The minimum Gasteiger partial charge on any atom is -0.506 e. The second-order valence-electron chi connectivity index (χ2n) is 5.57. The number of likely N-dealkylation sites (tertiary alicyclic amines) is 1. The molecule has 1 heterocycles. The zero-order chi connectivity index (χ0) is 17.7. The molecule has 8 heteroatoms. The molecule has 1 aliphatic rings. The summed E-state index contributed by atoms with van der Waals surface area (Å²) < 4.78 is 5.01. The Labute approximate surface area is 145 Å². The van der Waals surface area contributed by atoms with E-state index in [-0.39, 0.29) is 24.9 Å². The molecule has 2 N–H and O–H groups in total. The highest BCUT2D eigenvalue weighted by Gasteiger charge is 2.29. The number of phenols is 1. The number of esters is 1. The molecule has 1 aromatic rings. The Balaban J connectivity index is 2.22. The Bertz CT molecular complexity index is 602. The third-order valence-corrected chi connectivity index (χ3v) is 4.26. The summed E-state index contributed by atoms with van der Waals surface area (Å²) in [6, 6.07) is 4.55. The van der Waals surface area contributed by atoms with Crippen LogP contribution in [0.25, 0.3) is 0 Å². The largest absolute Gasteiger partial charge is 0.506 e. The van der Waals surface area contributed by atoms with Crippen molar-refractivity contribution in [1.82, 2.24) is 4.90 Å². The first-order valence-electron chi connectivity index (χ1n) is 7.81. The first kappa shape index (κ1) is 18.2. The summed E-state index contributed by atoms with van der Waals surface area (Å²) in [6.45, 7) is 2.72. The fourth-order valence-electron chi connectivity index (χ4n) is 2.85. The molecule has 0 aromatic heterocycles. The van der Waals surface area contributed by atoms with Gasteiger partial charge in [-0.05, 0) is 38.0 Å². The van der Waals surface area contributed by atoms with Gasteiger partial charge in [0.25, 0.3) is 0 Å². The number of benzene rings is 1. The molecule has 1 aliphatic heterocycles. The van der Waals surface area contributed by atoms with E-state index in [0.29, 0.717) is 36.6 Å². The van der Waals surface area contributed by atoms with Crippen molar-refractivity contribution in [3.8, 4) is 5.75 Å². The zero-order valence-electron chi connectivity index (χ0n) is 13.4. The molecule has 0 radical (unpaired) electrons. The van der Waals surface area contributed by atoms with Crippen LogP contribution in [-0.2, 0) is 9.53 Å². The third kappa shape index (κ3) is 4.44. The molecule has 1 fully saturated rings. The van der Waals surface area contributed by atoms with Crippen molar-refractivity contribution in [2.45, 2.75) is 25.8 Å². The van der Waals surface area contributed by atoms with Gasteiger partial charge in [-0.3, -0.25) is 4.79 Å². The average Bonchev–Trinajstić information content (AvgIpc) is 2.55. The molecule has 2 rings (SSSR count).